The van der Waals surface area contributed by atoms with Crippen LogP contribution < -0.4 is 9.86 Å². The zero-order valence-corrected chi connectivity index (χ0v) is 12.6. The van der Waals surface area contributed by atoms with E-state index < -0.39 is 24.4 Å². The number of nitrogens with zero attached hydrogens (tertiary/aromatic N) is 2. The van der Waals surface area contributed by atoms with Gasteiger partial charge in [0.25, 0.3) is 20.0 Å². The third-order valence-corrected chi connectivity index (χ3v) is 6.03. The number of rotatable bonds is 4. The predicted octanol–water partition coefficient (Wildman–Crippen LogP) is 0.295. The Morgan fingerprint density at radius 1 is 1.15 bits per heavy atom. The van der Waals surface area contributed by atoms with Crippen molar-refractivity contribution < 1.29 is 16.8 Å². The van der Waals surface area contributed by atoms with Crippen molar-refractivity contribution in [3.63, 3.8) is 0 Å². The van der Waals surface area contributed by atoms with E-state index in [0.29, 0.717) is 16.9 Å². The van der Waals surface area contributed by atoms with Crippen molar-refractivity contribution in [2.24, 2.45) is 5.14 Å². The minimum absolute atomic E-state index is 0.0763. The normalized spacial score (nSPS) is 12.3. The lowest BCUT2D eigenvalue weighted by Gasteiger charge is -2.06. The third kappa shape index (κ3) is 3.12. The number of benzene rings is 1. The number of hydrogen-bond acceptors (Lipinski definition) is 7. The molecule has 0 aliphatic carbocycles. The molecule has 20 heavy (non-hydrogen) atoms. The lowest BCUT2D eigenvalue weighted by Crippen LogP contribution is -2.14. The Morgan fingerprint density at radius 3 is 2.35 bits per heavy atom. The third-order valence-electron chi connectivity index (χ3n) is 2.25. The molecule has 1 aromatic heterocycles. The van der Waals surface area contributed by atoms with Gasteiger partial charge in [0.2, 0.25) is 9.47 Å². The summed E-state index contributed by atoms with van der Waals surface area (Å²) in [5.74, 6) is 0. The first-order valence-corrected chi connectivity index (χ1v) is 8.99. The van der Waals surface area contributed by atoms with Gasteiger partial charge in [0.15, 0.2) is 0 Å². The van der Waals surface area contributed by atoms with Gasteiger partial charge in [-0.2, -0.15) is 0 Å². The average molecular weight is 334 g/mol. The summed E-state index contributed by atoms with van der Waals surface area (Å²) in [6.45, 7) is 1.64. The molecule has 0 spiro atoms. The molecule has 1 aromatic carbocycles. The summed E-state index contributed by atoms with van der Waals surface area (Å²) in [6.07, 6.45) is 0. The van der Waals surface area contributed by atoms with Crippen LogP contribution in [0, 0.1) is 6.92 Å². The van der Waals surface area contributed by atoms with Gasteiger partial charge in [-0.25, -0.2) is 22.0 Å². The van der Waals surface area contributed by atoms with E-state index in [2.05, 4.69) is 14.9 Å². The fraction of sp³-hybridized carbons (Fsp3) is 0.111. The summed E-state index contributed by atoms with van der Waals surface area (Å²) in [7, 11) is -7.85. The van der Waals surface area contributed by atoms with Gasteiger partial charge in [-0.1, -0.05) is 29.5 Å². The maximum absolute atomic E-state index is 12.1. The Kier molecular flexibility index (Phi) is 3.77. The van der Waals surface area contributed by atoms with Crippen LogP contribution in [-0.4, -0.2) is 27.0 Å². The SMILES string of the molecule is Cc1ccccc1S(=O)(=O)Nc1nnc(S(N)(=O)=O)s1. The quantitative estimate of drug-likeness (QED) is 0.826. The van der Waals surface area contributed by atoms with Crippen LogP contribution in [0.4, 0.5) is 5.13 Å². The molecule has 8 nitrogen and oxygen atoms in total. The minimum atomic E-state index is -4.00. The topological polar surface area (TPSA) is 132 Å². The van der Waals surface area contributed by atoms with Crippen LogP contribution in [0.1, 0.15) is 5.56 Å². The van der Waals surface area contributed by atoms with Crippen molar-refractivity contribution in [2.75, 3.05) is 4.72 Å². The molecule has 1 heterocycles. The Bertz CT molecular complexity index is 842. The Labute approximate surface area is 119 Å². The summed E-state index contributed by atoms with van der Waals surface area (Å²) in [5.41, 5.74) is 0.552. The van der Waals surface area contributed by atoms with Crippen LogP contribution in [0.25, 0.3) is 0 Å². The highest BCUT2D eigenvalue weighted by Gasteiger charge is 2.21. The van der Waals surface area contributed by atoms with E-state index in [1.807, 2.05) is 0 Å². The number of aromatic nitrogens is 2. The second-order valence-electron chi connectivity index (χ2n) is 3.79. The average Bonchev–Trinajstić information content (AvgIpc) is 2.76. The first-order valence-electron chi connectivity index (χ1n) is 5.15. The summed E-state index contributed by atoms with van der Waals surface area (Å²) in [5, 5.41) is 11.5. The molecule has 0 unspecified atom stereocenters. The van der Waals surface area contributed by atoms with Gasteiger partial charge in [0.05, 0.1) is 4.90 Å². The van der Waals surface area contributed by atoms with E-state index in [4.69, 9.17) is 5.14 Å². The maximum Gasteiger partial charge on any atom is 0.267 e. The van der Waals surface area contributed by atoms with E-state index in [0.717, 1.165) is 0 Å². The van der Waals surface area contributed by atoms with Gasteiger partial charge in [-0.05, 0) is 18.6 Å². The van der Waals surface area contributed by atoms with E-state index in [1.165, 1.54) is 6.07 Å². The predicted molar refractivity (Wildman–Crippen MR) is 73.3 cm³/mol. The van der Waals surface area contributed by atoms with Crippen LogP contribution >= 0.6 is 11.3 Å². The summed E-state index contributed by atoms with van der Waals surface area (Å²) < 4.78 is 48.1. The molecule has 2 aromatic rings. The van der Waals surface area contributed by atoms with Gasteiger partial charge < -0.3 is 0 Å². The van der Waals surface area contributed by atoms with Crippen LogP contribution in [0.15, 0.2) is 33.5 Å². The second kappa shape index (κ2) is 5.09. The Morgan fingerprint density at radius 2 is 1.80 bits per heavy atom. The van der Waals surface area contributed by atoms with Crippen LogP contribution in [0.3, 0.4) is 0 Å². The van der Waals surface area contributed by atoms with E-state index in [9.17, 15) is 16.8 Å². The fourth-order valence-electron chi connectivity index (χ4n) is 1.39. The number of nitrogens with one attached hydrogen (secondary N) is 1. The number of aryl methyl sites for hydroxylation is 1. The number of hydrogen-bond donors (Lipinski definition) is 2. The number of sulfonamides is 2. The molecule has 0 aliphatic rings. The van der Waals surface area contributed by atoms with Gasteiger partial charge in [0, 0.05) is 0 Å². The zero-order chi connectivity index (χ0) is 15.0. The first-order chi connectivity index (χ1) is 9.20. The number of anilines is 1. The van der Waals surface area contributed by atoms with Gasteiger partial charge in [0.1, 0.15) is 0 Å². The monoisotopic (exact) mass is 334 g/mol. The van der Waals surface area contributed by atoms with Crippen molar-refractivity contribution in [3.05, 3.63) is 29.8 Å². The van der Waals surface area contributed by atoms with Gasteiger partial charge >= 0.3 is 0 Å². The first kappa shape index (κ1) is 14.8. The number of nitrogens with two attached hydrogens (primary N) is 1. The van der Waals surface area contributed by atoms with Gasteiger partial charge in [-0.15, -0.1) is 10.2 Å². The molecule has 0 saturated carbocycles. The van der Waals surface area contributed by atoms with Crippen LogP contribution in [-0.2, 0) is 20.0 Å². The summed E-state index contributed by atoms with van der Waals surface area (Å²) >= 11 is 0.542. The molecule has 0 amide bonds. The summed E-state index contributed by atoms with van der Waals surface area (Å²) in [4.78, 5) is 0.0763. The molecular weight excluding hydrogens is 324 g/mol. The molecular formula is C9H10N4O4S3. The molecule has 0 saturated heterocycles. The molecule has 0 fully saturated rings. The minimum Gasteiger partial charge on any atom is -0.253 e. The molecule has 3 N–H and O–H groups in total. The molecule has 0 aliphatic heterocycles. The highest BCUT2D eigenvalue weighted by Crippen LogP contribution is 2.23. The van der Waals surface area contributed by atoms with Crippen molar-refractivity contribution in [3.8, 4) is 0 Å². The fourth-order valence-corrected chi connectivity index (χ4v) is 4.20. The second-order valence-corrected chi connectivity index (χ2v) is 8.15. The molecule has 0 radical (unpaired) electrons. The lowest BCUT2D eigenvalue weighted by atomic mass is 10.2. The maximum atomic E-state index is 12.1. The van der Waals surface area contributed by atoms with Gasteiger partial charge in [-0.3, -0.25) is 4.72 Å². The molecule has 2 rings (SSSR count). The smallest absolute Gasteiger partial charge is 0.253 e. The largest absolute Gasteiger partial charge is 0.267 e. The molecule has 108 valence electrons. The van der Waals surface area contributed by atoms with Crippen molar-refractivity contribution >= 4 is 36.5 Å². The highest BCUT2D eigenvalue weighted by atomic mass is 32.2. The van der Waals surface area contributed by atoms with E-state index in [-0.39, 0.29) is 10.0 Å². The number of primary sulfonamides is 1. The molecule has 11 heteroatoms. The Hall–Kier alpha value is -1.56. The zero-order valence-electron chi connectivity index (χ0n) is 10.1. The van der Waals surface area contributed by atoms with Crippen LogP contribution in [0.2, 0.25) is 0 Å². The molecule has 0 bridgehead atoms. The summed E-state index contributed by atoms with van der Waals surface area (Å²) in [6, 6.07) is 6.36. The van der Waals surface area contributed by atoms with E-state index in [1.54, 1.807) is 25.1 Å². The molecule has 0 atom stereocenters. The van der Waals surface area contributed by atoms with Crippen molar-refractivity contribution in [1.29, 1.82) is 0 Å². The lowest BCUT2D eigenvalue weighted by molar-refractivity contribution is 0.595. The van der Waals surface area contributed by atoms with E-state index >= 15 is 0 Å². The Balaban J connectivity index is 2.35. The highest BCUT2D eigenvalue weighted by molar-refractivity contribution is 7.93. The van der Waals surface area contributed by atoms with Crippen molar-refractivity contribution in [1.82, 2.24) is 10.2 Å². The standard InChI is InChI=1S/C9H10N4O4S3/c1-6-4-2-3-5-7(6)20(16,17)13-8-11-12-9(18-8)19(10,14)15/h2-5H,1H3,(H,11,13)(H2,10,14,15). The van der Waals surface area contributed by atoms with Crippen LogP contribution in [0.5, 0.6) is 0 Å². The van der Waals surface area contributed by atoms with Crippen molar-refractivity contribution in [2.45, 2.75) is 16.2 Å².